The van der Waals surface area contributed by atoms with Gasteiger partial charge in [0.2, 0.25) is 10.0 Å². The highest BCUT2D eigenvalue weighted by Gasteiger charge is 2.31. The van der Waals surface area contributed by atoms with Crippen molar-refractivity contribution in [2.45, 2.75) is 9.79 Å². The lowest BCUT2D eigenvalue weighted by molar-refractivity contribution is 0.378. The summed E-state index contributed by atoms with van der Waals surface area (Å²) >= 11 is 12.0. The van der Waals surface area contributed by atoms with Crippen LogP contribution in [0, 0.1) is 0 Å². The third-order valence-corrected chi connectivity index (χ3v) is 10.4. The summed E-state index contributed by atoms with van der Waals surface area (Å²) in [5, 5.41) is 0.467. The van der Waals surface area contributed by atoms with E-state index in [0.717, 1.165) is 0 Å². The first-order valence-corrected chi connectivity index (χ1v) is 15.1. The molecule has 1 aliphatic rings. The van der Waals surface area contributed by atoms with Crippen molar-refractivity contribution in [2.75, 3.05) is 56.7 Å². The van der Waals surface area contributed by atoms with Crippen molar-refractivity contribution in [1.29, 1.82) is 0 Å². The maximum Gasteiger partial charge on any atom is 0.264 e. The Hall–Kier alpha value is -2.70. The van der Waals surface area contributed by atoms with Crippen LogP contribution in [0.3, 0.4) is 0 Å². The normalized spacial score (nSPS) is 14.8. The number of anilines is 2. The van der Waals surface area contributed by atoms with E-state index in [-0.39, 0.29) is 32.9 Å². The molecule has 0 unspecified atom stereocenters. The van der Waals surface area contributed by atoms with Gasteiger partial charge in [-0.25, -0.2) is 16.8 Å². The van der Waals surface area contributed by atoms with E-state index < -0.39 is 20.0 Å². The zero-order chi connectivity index (χ0) is 27.7. The molecular weight excluding hydrogens is 573 g/mol. The van der Waals surface area contributed by atoms with Crippen molar-refractivity contribution < 1.29 is 26.3 Å². The molecule has 0 atom stereocenters. The molecule has 9 nitrogen and oxygen atoms in total. The number of halogens is 2. The number of piperazine rings is 1. The van der Waals surface area contributed by atoms with Crippen molar-refractivity contribution in [3.05, 3.63) is 70.7 Å². The summed E-state index contributed by atoms with van der Waals surface area (Å²) in [7, 11) is -3.19. The monoisotopic (exact) mass is 599 g/mol. The SMILES string of the molecule is COc1ccc(N(C)S(=O)(=O)c2ccc(OC)c(N3CCN(S(=O)(=O)c4cc(Cl)cc(Cl)c4)CC3)c2)cc1. The lowest BCUT2D eigenvalue weighted by Crippen LogP contribution is -2.48. The fourth-order valence-corrected chi connectivity index (χ4v) is 7.53. The van der Waals surface area contributed by atoms with Gasteiger partial charge in [-0.1, -0.05) is 23.2 Å². The van der Waals surface area contributed by atoms with Crippen LogP contribution >= 0.6 is 23.2 Å². The summed E-state index contributed by atoms with van der Waals surface area (Å²) in [6.07, 6.45) is 0. The minimum atomic E-state index is -3.90. The van der Waals surface area contributed by atoms with Gasteiger partial charge in [0.05, 0.1) is 35.4 Å². The zero-order valence-electron chi connectivity index (χ0n) is 21.0. The third-order valence-electron chi connectivity index (χ3n) is 6.30. The summed E-state index contributed by atoms with van der Waals surface area (Å²) in [6, 6.07) is 15.5. The number of hydrogen-bond donors (Lipinski definition) is 0. The second-order valence-electron chi connectivity index (χ2n) is 8.50. The highest BCUT2D eigenvalue weighted by molar-refractivity contribution is 7.92. The fraction of sp³-hybridized carbons (Fsp3) is 0.280. The van der Waals surface area contributed by atoms with Crippen LogP contribution in [0.5, 0.6) is 11.5 Å². The van der Waals surface area contributed by atoms with Gasteiger partial charge in [0.25, 0.3) is 10.0 Å². The van der Waals surface area contributed by atoms with E-state index in [1.807, 2.05) is 4.90 Å². The molecule has 0 saturated carbocycles. The Labute approximate surface area is 233 Å². The number of methoxy groups -OCH3 is 2. The Morgan fingerprint density at radius 3 is 1.92 bits per heavy atom. The quantitative estimate of drug-likeness (QED) is 0.380. The maximum absolute atomic E-state index is 13.4. The van der Waals surface area contributed by atoms with Crippen LogP contribution in [0.1, 0.15) is 0 Å². The molecule has 1 fully saturated rings. The van der Waals surface area contributed by atoms with Crippen LogP contribution < -0.4 is 18.7 Å². The average molecular weight is 601 g/mol. The molecule has 0 aromatic heterocycles. The molecule has 0 radical (unpaired) electrons. The Balaban J connectivity index is 1.57. The van der Waals surface area contributed by atoms with Crippen LogP contribution in [0.2, 0.25) is 10.0 Å². The van der Waals surface area contributed by atoms with E-state index in [9.17, 15) is 16.8 Å². The summed E-state index contributed by atoms with van der Waals surface area (Å²) in [4.78, 5) is 2.01. The highest BCUT2D eigenvalue weighted by Crippen LogP contribution is 2.34. The minimum absolute atomic E-state index is 0.0238. The van der Waals surface area contributed by atoms with Gasteiger partial charge < -0.3 is 14.4 Å². The standard InChI is InChI=1S/C25H27Cl2N3O6S2/c1-28(20-4-6-21(35-2)7-5-20)37(31,32)22-8-9-25(36-3)24(17-22)29-10-12-30(13-11-29)38(33,34)23-15-18(26)14-19(27)16-23/h4-9,14-17H,10-13H2,1-3H3. The first-order valence-electron chi connectivity index (χ1n) is 11.5. The van der Waals surface area contributed by atoms with Gasteiger partial charge in [-0.2, -0.15) is 4.31 Å². The Morgan fingerprint density at radius 2 is 1.37 bits per heavy atom. The molecule has 4 rings (SSSR count). The predicted octanol–water partition coefficient (Wildman–Crippen LogP) is 4.35. The molecule has 3 aromatic carbocycles. The first kappa shape index (κ1) is 28.3. The van der Waals surface area contributed by atoms with Gasteiger partial charge in [-0.3, -0.25) is 4.31 Å². The number of hydrogen-bond acceptors (Lipinski definition) is 7. The van der Waals surface area contributed by atoms with E-state index in [0.29, 0.717) is 36.0 Å². The molecular formula is C25H27Cl2N3O6S2. The predicted molar refractivity (Wildman–Crippen MR) is 149 cm³/mol. The molecule has 1 heterocycles. The Morgan fingerprint density at radius 1 is 0.763 bits per heavy atom. The van der Waals surface area contributed by atoms with Crippen molar-refractivity contribution >= 4 is 54.6 Å². The lowest BCUT2D eigenvalue weighted by Gasteiger charge is -2.36. The molecule has 0 amide bonds. The van der Waals surface area contributed by atoms with Crippen LogP contribution in [0.4, 0.5) is 11.4 Å². The van der Waals surface area contributed by atoms with Crippen LogP contribution in [-0.2, 0) is 20.0 Å². The molecule has 0 spiro atoms. The van der Waals surface area contributed by atoms with Gasteiger partial charge in [-0.15, -0.1) is 0 Å². The summed E-state index contributed by atoms with van der Waals surface area (Å²) < 4.78 is 66.4. The molecule has 0 aliphatic carbocycles. The Bertz CT molecular complexity index is 1500. The van der Waals surface area contributed by atoms with Crippen molar-refractivity contribution in [3.63, 3.8) is 0 Å². The number of benzene rings is 3. The molecule has 38 heavy (non-hydrogen) atoms. The van der Waals surface area contributed by atoms with E-state index in [1.54, 1.807) is 36.4 Å². The summed E-state index contributed by atoms with van der Waals surface area (Å²) in [5.41, 5.74) is 1.03. The number of sulfonamides is 2. The van der Waals surface area contributed by atoms with Gasteiger partial charge in [-0.05, 0) is 60.7 Å². The van der Waals surface area contributed by atoms with Gasteiger partial charge in [0.15, 0.2) is 0 Å². The van der Waals surface area contributed by atoms with E-state index in [1.165, 1.54) is 54.1 Å². The molecule has 1 aliphatic heterocycles. The zero-order valence-corrected chi connectivity index (χ0v) is 24.1. The van der Waals surface area contributed by atoms with E-state index in [4.69, 9.17) is 32.7 Å². The number of nitrogens with zero attached hydrogens (tertiary/aromatic N) is 3. The minimum Gasteiger partial charge on any atom is -0.497 e. The number of ether oxygens (including phenoxy) is 2. The van der Waals surface area contributed by atoms with E-state index >= 15 is 0 Å². The van der Waals surface area contributed by atoms with Crippen LogP contribution in [0.15, 0.2) is 70.5 Å². The Kier molecular flexibility index (Phi) is 8.34. The molecule has 204 valence electrons. The molecule has 13 heteroatoms. The third kappa shape index (κ3) is 5.67. The van der Waals surface area contributed by atoms with Crippen LogP contribution in [0.25, 0.3) is 0 Å². The smallest absolute Gasteiger partial charge is 0.264 e. The van der Waals surface area contributed by atoms with Crippen molar-refractivity contribution in [1.82, 2.24) is 4.31 Å². The van der Waals surface area contributed by atoms with Crippen LogP contribution in [-0.4, -0.2) is 68.6 Å². The van der Waals surface area contributed by atoms with E-state index in [2.05, 4.69) is 0 Å². The number of rotatable bonds is 8. The van der Waals surface area contributed by atoms with Gasteiger partial charge >= 0.3 is 0 Å². The van der Waals surface area contributed by atoms with Crippen molar-refractivity contribution in [3.8, 4) is 11.5 Å². The maximum atomic E-state index is 13.4. The second-order valence-corrected chi connectivity index (χ2v) is 13.3. The molecule has 3 aromatic rings. The van der Waals surface area contributed by atoms with Gasteiger partial charge in [0, 0.05) is 43.3 Å². The van der Waals surface area contributed by atoms with Crippen molar-refractivity contribution in [2.24, 2.45) is 0 Å². The summed E-state index contributed by atoms with van der Waals surface area (Å²) in [6.45, 7) is 1.00. The first-order chi connectivity index (χ1) is 18.0. The molecule has 1 saturated heterocycles. The second kappa shape index (κ2) is 11.2. The molecule has 0 bridgehead atoms. The highest BCUT2D eigenvalue weighted by atomic mass is 35.5. The average Bonchev–Trinajstić information content (AvgIpc) is 2.91. The molecule has 0 N–H and O–H groups in total. The largest absolute Gasteiger partial charge is 0.497 e. The fourth-order valence-electron chi connectivity index (χ4n) is 4.16. The van der Waals surface area contributed by atoms with Gasteiger partial charge in [0.1, 0.15) is 11.5 Å². The lowest BCUT2D eigenvalue weighted by atomic mass is 10.2. The topological polar surface area (TPSA) is 96.5 Å². The summed E-state index contributed by atoms with van der Waals surface area (Å²) in [5.74, 6) is 1.10.